The number of halogens is 1. The zero-order chi connectivity index (χ0) is 20.5. The lowest BCUT2D eigenvalue weighted by Crippen LogP contribution is -2.13. The summed E-state index contributed by atoms with van der Waals surface area (Å²) in [6.45, 7) is 2.49. The number of hydrogen-bond acceptors (Lipinski definition) is 5. The Labute approximate surface area is 167 Å². The van der Waals surface area contributed by atoms with Crippen LogP contribution in [0.15, 0.2) is 42.5 Å². The molecule has 0 aliphatic carbocycles. The first kappa shape index (κ1) is 21.4. The third kappa shape index (κ3) is 6.06. The molecule has 0 saturated heterocycles. The molecule has 0 bridgehead atoms. The molecule has 0 aromatic heterocycles. The van der Waals surface area contributed by atoms with E-state index in [1.165, 1.54) is 12.1 Å². The summed E-state index contributed by atoms with van der Waals surface area (Å²) in [5.74, 6) is -1.00. The Balaban J connectivity index is 1.97. The molecule has 0 radical (unpaired) electrons. The molecule has 7 nitrogen and oxygen atoms in total. The highest BCUT2D eigenvalue weighted by Gasteiger charge is 2.16. The Hall–Kier alpha value is -2.93. The summed E-state index contributed by atoms with van der Waals surface area (Å²) in [5, 5.41) is 13.6. The SMILES string of the molecule is CCCCCCOC(=O)c1ccc(NC(=O)c2cc([N+](=O)[O-])ccc2Cl)cc1. The van der Waals surface area contributed by atoms with Gasteiger partial charge in [-0.2, -0.15) is 0 Å². The van der Waals surface area contributed by atoms with Gasteiger partial charge in [-0.25, -0.2) is 4.79 Å². The molecule has 0 fully saturated rings. The van der Waals surface area contributed by atoms with Crippen molar-refractivity contribution in [2.24, 2.45) is 0 Å². The maximum Gasteiger partial charge on any atom is 0.338 e. The van der Waals surface area contributed by atoms with Crippen molar-refractivity contribution < 1.29 is 19.2 Å². The second-order valence-electron chi connectivity index (χ2n) is 6.15. The molecule has 2 rings (SSSR count). The standard InChI is InChI=1S/C20H21ClN2O5/c1-2-3-4-5-12-28-20(25)14-6-8-15(9-7-14)22-19(24)17-13-16(23(26)27)10-11-18(17)21/h6-11,13H,2-5,12H2,1H3,(H,22,24). The van der Waals surface area contributed by atoms with E-state index in [9.17, 15) is 19.7 Å². The highest BCUT2D eigenvalue weighted by Crippen LogP contribution is 2.23. The molecule has 148 valence electrons. The van der Waals surface area contributed by atoms with Crippen LogP contribution in [0.3, 0.4) is 0 Å². The lowest BCUT2D eigenvalue weighted by Gasteiger charge is -2.08. The van der Waals surface area contributed by atoms with Gasteiger partial charge >= 0.3 is 5.97 Å². The Kier molecular flexibility index (Phi) is 7.95. The average Bonchev–Trinajstić information content (AvgIpc) is 2.68. The minimum Gasteiger partial charge on any atom is -0.462 e. The molecule has 0 aliphatic rings. The third-order valence-electron chi connectivity index (χ3n) is 4.01. The number of amides is 1. The van der Waals surface area contributed by atoms with E-state index in [0.29, 0.717) is 17.9 Å². The van der Waals surface area contributed by atoms with Crippen LogP contribution in [0, 0.1) is 10.1 Å². The van der Waals surface area contributed by atoms with Crippen LogP contribution in [0.5, 0.6) is 0 Å². The number of benzene rings is 2. The van der Waals surface area contributed by atoms with Crippen molar-refractivity contribution in [3.63, 3.8) is 0 Å². The Bertz CT molecular complexity index is 852. The largest absolute Gasteiger partial charge is 0.462 e. The van der Waals surface area contributed by atoms with Crippen molar-refractivity contribution in [1.82, 2.24) is 0 Å². The highest BCUT2D eigenvalue weighted by atomic mass is 35.5. The van der Waals surface area contributed by atoms with Crippen molar-refractivity contribution in [3.8, 4) is 0 Å². The summed E-state index contributed by atoms with van der Waals surface area (Å²) in [6, 6.07) is 9.82. The van der Waals surface area contributed by atoms with Crippen LogP contribution in [-0.4, -0.2) is 23.4 Å². The number of esters is 1. The van der Waals surface area contributed by atoms with Crippen LogP contribution in [0.1, 0.15) is 53.3 Å². The number of ether oxygens (including phenoxy) is 1. The van der Waals surface area contributed by atoms with Crippen LogP contribution in [0.25, 0.3) is 0 Å². The monoisotopic (exact) mass is 404 g/mol. The fourth-order valence-electron chi connectivity index (χ4n) is 2.47. The highest BCUT2D eigenvalue weighted by molar-refractivity contribution is 6.34. The molecule has 0 spiro atoms. The average molecular weight is 405 g/mol. The van der Waals surface area contributed by atoms with Gasteiger partial charge in [-0.1, -0.05) is 37.8 Å². The van der Waals surface area contributed by atoms with Crippen molar-refractivity contribution in [2.45, 2.75) is 32.6 Å². The number of rotatable bonds is 9. The quantitative estimate of drug-likeness (QED) is 0.267. The lowest BCUT2D eigenvalue weighted by molar-refractivity contribution is -0.384. The summed E-state index contributed by atoms with van der Waals surface area (Å²) < 4.78 is 5.21. The van der Waals surface area contributed by atoms with Gasteiger partial charge in [0, 0.05) is 17.8 Å². The number of hydrogen-bond donors (Lipinski definition) is 1. The van der Waals surface area contributed by atoms with Crippen molar-refractivity contribution >= 4 is 34.9 Å². The molecule has 28 heavy (non-hydrogen) atoms. The van der Waals surface area contributed by atoms with Gasteiger partial charge in [-0.15, -0.1) is 0 Å². The number of carbonyl (C=O) groups excluding carboxylic acids is 2. The lowest BCUT2D eigenvalue weighted by atomic mass is 10.1. The van der Waals surface area contributed by atoms with E-state index in [0.717, 1.165) is 31.7 Å². The molecule has 0 atom stereocenters. The Morgan fingerprint density at radius 1 is 1.11 bits per heavy atom. The predicted molar refractivity (Wildman–Crippen MR) is 107 cm³/mol. The first-order chi connectivity index (χ1) is 13.4. The maximum atomic E-state index is 12.3. The first-order valence-electron chi connectivity index (χ1n) is 8.95. The Morgan fingerprint density at radius 3 is 2.46 bits per heavy atom. The first-order valence-corrected chi connectivity index (χ1v) is 9.32. The molecule has 0 unspecified atom stereocenters. The second-order valence-corrected chi connectivity index (χ2v) is 6.56. The number of anilines is 1. The van der Waals surface area contributed by atoms with Crippen LogP contribution in [0.4, 0.5) is 11.4 Å². The maximum absolute atomic E-state index is 12.3. The molecule has 0 heterocycles. The summed E-state index contributed by atoms with van der Waals surface area (Å²) in [5.41, 5.74) is 0.562. The molecule has 0 aliphatic heterocycles. The molecular weight excluding hydrogens is 384 g/mol. The van der Waals surface area contributed by atoms with Gasteiger partial charge in [0.25, 0.3) is 11.6 Å². The third-order valence-corrected chi connectivity index (χ3v) is 4.34. The number of nitro benzene ring substituents is 1. The topological polar surface area (TPSA) is 98.5 Å². The van der Waals surface area contributed by atoms with Gasteiger partial charge in [0.15, 0.2) is 0 Å². The van der Waals surface area contributed by atoms with Gasteiger partial charge in [-0.3, -0.25) is 14.9 Å². The number of carbonyl (C=O) groups is 2. The van der Waals surface area contributed by atoms with E-state index in [2.05, 4.69) is 12.2 Å². The Morgan fingerprint density at radius 2 is 1.82 bits per heavy atom. The van der Waals surface area contributed by atoms with Gasteiger partial charge < -0.3 is 10.1 Å². The van der Waals surface area contributed by atoms with Crippen LogP contribution < -0.4 is 5.32 Å². The summed E-state index contributed by atoms with van der Waals surface area (Å²) in [4.78, 5) is 34.6. The van der Waals surface area contributed by atoms with E-state index in [1.54, 1.807) is 24.3 Å². The number of non-ortho nitro benzene ring substituents is 1. The second kappa shape index (κ2) is 10.4. The van der Waals surface area contributed by atoms with E-state index >= 15 is 0 Å². The fraction of sp³-hybridized carbons (Fsp3) is 0.300. The number of unbranched alkanes of at least 4 members (excludes halogenated alkanes) is 3. The summed E-state index contributed by atoms with van der Waals surface area (Å²) in [6.07, 6.45) is 4.08. The number of nitrogens with zero attached hydrogens (tertiary/aromatic N) is 1. The molecule has 2 aromatic carbocycles. The number of nitro groups is 1. The summed E-state index contributed by atoms with van der Waals surface area (Å²) >= 11 is 5.96. The van der Waals surface area contributed by atoms with Gasteiger partial charge in [0.2, 0.25) is 0 Å². The van der Waals surface area contributed by atoms with E-state index in [-0.39, 0.29) is 16.3 Å². The van der Waals surface area contributed by atoms with Gasteiger partial charge in [-0.05, 0) is 36.8 Å². The van der Waals surface area contributed by atoms with Crippen LogP contribution >= 0.6 is 11.6 Å². The molecule has 8 heteroatoms. The molecule has 2 aromatic rings. The van der Waals surface area contributed by atoms with E-state index in [1.807, 2.05) is 0 Å². The van der Waals surface area contributed by atoms with Crippen molar-refractivity contribution in [1.29, 1.82) is 0 Å². The zero-order valence-electron chi connectivity index (χ0n) is 15.4. The van der Waals surface area contributed by atoms with Crippen LogP contribution in [-0.2, 0) is 4.74 Å². The van der Waals surface area contributed by atoms with Gasteiger partial charge in [0.05, 0.1) is 27.7 Å². The minimum atomic E-state index is -0.601. The van der Waals surface area contributed by atoms with Crippen LogP contribution in [0.2, 0.25) is 5.02 Å². The van der Waals surface area contributed by atoms with E-state index in [4.69, 9.17) is 16.3 Å². The molecule has 1 amide bonds. The minimum absolute atomic E-state index is 0.00793. The van der Waals surface area contributed by atoms with Gasteiger partial charge in [0.1, 0.15) is 0 Å². The number of nitrogens with one attached hydrogen (secondary N) is 1. The molecule has 0 saturated carbocycles. The van der Waals surface area contributed by atoms with E-state index < -0.39 is 16.8 Å². The fourth-order valence-corrected chi connectivity index (χ4v) is 2.67. The van der Waals surface area contributed by atoms with Crippen molar-refractivity contribution in [2.75, 3.05) is 11.9 Å². The zero-order valence-corrected chi connectivity index (χ0v) is 16.2. The van der Waals surface area contributed by atoms with Crippen molar-refractivity contribution in [3.05, 3.63) is 68.7 Å². The summed E-state index contributed by atoms with van der Waals surface area (Å²) in [7, 11) is 0. The molecular formula is C20H21ClN2O5. The predicted octanol–water partition coefficient (Wildman–Crippen LogP) is 5.24. The smallest absolute Gasteiger partial charge is 0.338 e. The normalized spacial score (nSPS) is 10.4. The molecule has 1 N–H and O–H groups in total.